The second-order valence-electron chi connectivity index (χ2n) is 3.74. The largest absolute Gasteiger partial charge is 0.504 e. The van der Waals surface area contributed by atoms with Crippen LogP contribution in [0.4, 0.5) is 16.2 Å². The molecular formula is C11H8Cl2N2O4S2. The van der Waals surface area contributed by atoms with Gasteiger partial charge in [0.1, 0.15) is 0 Å². The highest BCUT2D eigenvalue weighted by Crippen LogP contribution is 2.35. The second-order valence-corrected chi connectivity index (χ2v) is 6.67. The van der Waals surface area contributed by atoms with Gasteiger partial charge in [-0.2, -0.15) is 0 Å². The number of thiol groups is 1. The zero-order valence-electron chi connectivity index (χ0n) is 10.1. The van der Waals surface area contributed by atoms with Gasteiger partial charge in [0, 0.05) is 5.38 Å². The van der Waals surface area contributed by atoms with Crippen molar-refractivity contribution in [1.82, 2.24) is 0 Å². The van der Waals surface area contributed by atoms with Gasteiger partial charge in [-0.05, 0) is 12.1 Å². The Morgan fingerprint density at radius 2 is 1.86 bits per heavy atom. The first-order chi connectivity index (χ1) is 9.90. The molecule has 0 fully saturated rings. The van der Waals surface area contributed by atoms with Crippen molar-refractivity contribution in [1.29, 1.82) is 0 Å². The lowest BCUT2D eigenvalue weighted by molar-refractivity contribution is 0.262. The third-order valence-corrected chi connectivity index (χ3v) is 5.26. The van der Waals surface area contributed by atoms with E-state index in [0.717, 1.165) is 11.3 Å². The zero-order valence-corrected chi connectivity index (χ0v) is 13.3. The number of benzene rings is 1. The lowest BCUT2D eigenvalue weighted by Crippen LogP contribution is -2.19. The molecule has 0 aliphatic rings. The van der Waals surface area contributed by atoms with Crippen LogP contribution in [0, 0.1) is 0 Å². The van der Waals surface area contributed by atoms with E-state index in [0.29, 0.717) is 0 Å². The third kappa shape index (κ3) is 3.59. The summed E-state index contributed by atoms with van der Waals surface area (Å²) in [6.07, 6.45) is 0. The van der Waals surface area contributed by atoms with Crippen molar-refractivity contribution >= 4 is 62.6 Å². The smallest absolute Gasteiger partial charge is 0.323 e. The van der Waals surface area contributed by atoms with E-state index >= 15 is 0 Å². The number of aromatic hydroxyl groups is 1. The second kappa shape index (κ2) is 6.52. The molecule has 2 aromatic rings. The number of carbonyl (C=O) groups excluding carboxylic acids is 1. The van der Waals surface area contributed by atoms with Gasteiger partial charge in [0.2, 0.25) is 0 Å². The number of thiophene rings is 1. The quantitative estimate of drug-likeness (QED) is 0.626. The number of halogens is 2. The van der Waals surface area contributed by atoms with Gasteiger partial charge in [-0.15, -0.1) is 11.3 Å². The van der Waals surface area contributed by atoms with Crippen LogP contribution in [0.5, 0.6) is 5.75 Å². The molecule has 0 radical (unpaired) electrons. The molecule has 1 aromatic heterocycles. The van der Waals surface area contributed by atoms with Crippen LogP contribution < -0.4 is 10.6 Å². The Morgan fingerprint density at radius 3 is 2.48 bits per heavy atom. The summed E-state index contributed by atoms with van der Waals surface area (Å²) < 4.78 is 21.4. The highest BCUT2D eigenvalue weighted by Gasteiger charge is 2.15. The fourth-order valence-corrected chi connectivity index (χ4v) is 3.20. The van der Waals surface area contributed by atoms with E-state index in [-0.39, 0.29) is 25.6 Å². The first-order valence-corrected chi connectivity index (χ1v) is 8.18. The molecule has 21 heavy (non-hydrogen) atoms. The summed E-state index contributed by atoms with van der Waals surface area (Å²) in [4.78, 5) is 11.8. The van der Waals surface area contributed by atoms with E-state index in [1.165, 1.54) is 5.38 Å². The van der Waals surface area contributed by atoms with Crippen molar-refractivity contribution in [3.63, 3.8) is 0 Å². The summed E-state index contributed by atoms with van der Waals surface area (Å²) >= 11 is 12.5. The highest BCUT2D eigenvalue weighted by atomic mass is 35.5. The molecule has 112 valence electrons. The van der Waals surface area contributed by atoms with Crippen LogP contribution in [0.1, 0.15) is 0 Å². The summed E-state index contributed by atoms with van der Waals surface area (Å²) in [5.41, 5.74) is 0.274. The number of amides is 2. The van der Waals surface area contributed by atoms with Crippen LogP contribution >= 0.6 is 34.5 Å². The molecule has 0 saturated carbocycles. The van der Waals surface area contributed by atoms with E-state index in [2.05, 4.69) is 10.6 Å². The first-order valence-electron chi connectivity index (χ1n) is 5.37. The number of nitrogens with one attached hydrogen (secondary N) is 2. The van der Waals surface area contributed by atoms with E-state index in [4.69, 9.17) is 23.2 Å². The highest BCUT2D eigenvalue weighted by molar-refractivity contribution is 7.75. The van der Waals surface area contributed by atoms with Crippen molar-refractivity contribution in [2.75, 3.05) is 10.6 Å². The Bertz CT molecular complexity index is 766. The first kappa shape index (κ1) is 15.9. The Morgan fingerprint density at radius 1 is 1.19 bits per heavy atom. The standard InChI is InChI=1S/C11H8Cl2N2O4S2/c12-5-2-1-3-6(8(5)13)14-11(17)15-7-4-20-10(9(7)16)21(18)19/h1-4,16,21H,(H2,14,15,17). The Balaban J connectivity index is 2.14. The van der Waals surface area contributed by atoms with E-state index in [1.807, 2.05) is 0 Å². The number of carbonyl (C=O) groups is 1. The van der Waals surface area contributed by atoms with E-state index < -0.39 is 22.5 Å². The van der Waals surface area contributed by atoms with Crippen LogP contribution in [0.2, 0.25) is 10.0 Å². The summed E-state index contributed by atoms with van der Waals surface area (Å²) in [5, 5.41) is 16.2. The van der Waals surface area contributed by atoms with Crippen molar-refractivity contribution in [2.24, 2.45) is 0 Å². The van der Waals surface area contributed by atoms with E-state index in [1.54, 1.807) is 18.2 Å². The van der Waals surface area contributed by atoms with E-state index in [9.17, 15) is 18.3 Å². The van der Waals surface area contributed by atoms with Crippen LogP contribution in [0.3, 0.4) is 0 Å². The minimum Gasteiger partial charge on any atom is -0.504 e. The average molecular weight is 367 g/mol. The number of hydrogen-bond donors (Lipinski definition) is 4. The van der Waals surface area contributed by atoms with Gasteiger partial charge in [0.05, 0.1) is 21.4 Å². The Hall–Kier alpha value is -1.48. The molecule has 2 rings (SSSR count). The molecule has 0 spiro atoms. The molecule has 0 aliphatic heterocycles. The predicted molar refractivity (Wildman–Crippen MR) is 83.7 cm³/mol. The summed E-state index contributed by atoms with van der Waals surface area (Å²) in [7, 11) is -2.92. The molecule has 0 atom stereocenters. The molecule has 3 N–H and O–H groups in total. The lowest BCUT2D eigenvalue weighted by atomic mass is 10.3. The van der Waals surface area contributed by atoms with Crippen LogP contribution in [-0.2, 0) is 10.7 Å². The Labute approximate surface area is 135 Å². The molecule has 1 aromatic carbocycles. The van der Waals surface area contributed by atoms with Gasteiger partial charge in [-0.25, -0.2) is 13.2 Å². The Kier molecular flexibility index (Phi) is 4.94. The predicted octanol–water partition coefficient (Wildman–Crippen LogP) is 3.37. The maximum Gasteiger partial charge on any atom is 0.323 e. The third-order valence-electron chi connectivity index (χ3n) is 2.36. The van der Waals surface area contributed by atoms with Crippen molar-refractivity contribution in [2.45, 2.75) is 4.21 Å². The summed E-state index contributed by atoms with van der Waals surface area (Å²) in [6, 6.07) is 4.02. The van der Waals surface area contributed by atoms with Gasteiger partial charge in [-0.1, -0.05) is 29.3 Å². The average Bonchev–Trinajstić information content (AvgIpc) is 2.77. The number of hydrogen-bond acceptors (Lipinski definition) is 5. The van der Waals surface area contributed by atoms with Crippen LogP contribution in [0.15, 0.2) is 27.8 Å². The maximum absolute atomic E-state index is 11.8. The van der Waals surface area contributed by atoms with Gasteiger partial charge >= 0.3 is 6.03 Å². The lowest BCUT2D eigenvalue weighted by Gasteiger charge is -2.09. The summed E-state index contributed by atoms with van der Waals surface area (Å²) in [6.45, 7) is 0. The number of urea groups is 1. The van der Waals surface area contributed by atoms with Gasteiger partial charge in [0.25, 0.3) is 0 Å². The topological polar surface area (TPSA) is 95.5 Å². The van der Waals surface area contributed by atoms with Crippen molar-refractivity contribution < 1.29 is 18.3 Å². The SMILES string of the molecule is O=C(Nc1csc([SH](=O)=O)c1O)Nc1cccc(Cl)c1Cl. The minimum absolute atomic E-state index is 0.00940. The van der Waals surface area contributed by atoms with Gasteiger partial charge < -0.3 is 15.7 Å². The molecule has 6 nitrogen and oxygen atoms in total. The minimum atomic E-state index is -2.92. The van der Waals surface area contributed by atoms with Gasteiger partial charge in [0.15, 0.2) is 20.7 Å². The molecule has 0 bridgehead atoms. The molecule has 0 aliphatic carbocycles. The van der Waals surface area contributed by atoms with Gasteiger partial charge in [-0.3, -0.25) is 0 Å². The number of rotatable bonds is 3. The van der Waals surface area contributed by atoms with Crippen LogP contribution in [0.25, 0.3) is 0 Å². The maximum atomic E-state index is 11.8. The molecule has 2 amide bonds. The summed E-state index contributed by atoms with van der Waals surface area (Å²) in [5.74, 6) is -0.497. The molecule has 0 saturated heterocycles. The normalized spacial score (nSPS) is 10.6. The van der Waals surface area contributed by atoms with Crippen LogP contribution in [-0.4, -0.2) is 19.6 Å². The van der Waals surface area contributed by atoms with Crippen molar-refractivity contribution in [3.8, 4) is 5.75 Å². The molecular weight excluding hydrogens is 359 g/mol. The monoisotopic (exact) mass is 366 g/mol. The number of anilines is 2. The molecule has 0 unspecified atom stereocenters. The van der Waals surface area contributed by atoms with Crippen molar-refractivity contribution in [3.05, 3.63) is 33.6 Å². The molecule has 1 heterocycles. The zero-order chi connectivity index (χ0) is 15.6. The molecule has 10 heteroatoms. The fraction of sp³-hybridized carbons (Fsp3) is 0. The fourth-order valence-electron chi connectivity index (χ4n) is 1.44.